The Labute approximate surface area is 166 Å². The molecule has 0 aliphatic carbocycles. The Morgan fingerprint density at radius 1 is 1.07 bits per heavy atom. The topological polar surface area (TPSA) is 50.8 Å². The molecule has 0 saturated carbocycles. The summed E-state index contributed by atoms with van der Waals surface area (Å²) in [6.07, 6.45) is 0.0956. The van der Waals surface area contributed by atoms with Crippen molar-refractivity contribution in [2.75, 3.05) is 26.3 Å². The maximum atomic E-state index is 12.9. The van der Waals surface area contributed by atoms with Crippen molar-refractivity contribution in [1.82, 2.24) is 10.2 Å². The number of fused-ring (bicyclic) bond motifs is 1. The number of nitrogens with zero attached hydrogens (tertiary/aromatic N) is 1. The van der Waals surface area contributed by atoms with Crippen LogP contribution in [0.4, 0.5) is 0 Å². The van der Waals surface area contributed by atoms with Gasteiger partial charge in [0, 0.05) is 37.7 Å². The van der Waals surface area contributed by atoms with E-state index in [9.17, 15) is 4.79 Å². The van der Waals surface area contributed by atoms with E-state index in [2.05, 4.69) is 41.4 Å². The minimum absolute atomic E-state index is 0.0840. The van der Waals surface area contributed by atoms with Crippen LogP contribution in [0, 0.1) is 0 Å². The van der Waals surface area contributed by atoms with E-state index in [0.717, 1.165) is 49.7 Å². The highest BCUT2D eigenvalue weighted by atomic mass is 16.5. The van der Waals surface area contributed by atoms with Crippen molar-refractivity contribution < 1.29 is 14.3 Å². The van der Waals surface area contributed by atoms with Crippen molar-refractivity contribution in [2.24, 2.45) is 0 Å². The number of ether oxygens (including phenoxy) is 2. The minimum atomic E-state index is -0.0840. The summed E-state index contributed by atoms with van der Waals surface area (Å²) in [5.41, 5.74) is 4.14. The van der Waals surface area contributed by atoms with Crippen LogP contribution < -0.4 is 10.1 Å². The number of nitrogens with one attached hydrogen (secondary N) is 1. The Morgan fingerprint density at radius 2 is 1.82 bits per heavy atom. The number of morpholine rings is 1. The summed E-state index contributed by atoms with van der Waals surface area (Å²) in [5.74, 6) is 0.956. The van der Waals surface area contributed by atoms with E-state index in [4.69, 9.17) is 9.47 Å². The van der Waals surface area contributed by atoms with Gasteiger partial charge in [-0.25, -0.2) is 0 Å². The Balaban J connectivity index is 1.45. The van der Waals surface area contributed by atoms with Gasteiger partial charge in [-0.3, -0.25) is 9.69 Å². The average molecular weight is 380 g/mol. The van der Waals surface area contributed by atoms with E-state index < -0.39 is 0 Å². The molecule has 2 aliphatic rings. The largest absolute Gasteiger partial charge is 0.489 e. The van der Waals surface area contributed by atoms with E-state index >= 15 is 0 Å². The molecule has 1 fully saturated rings. The van der Waals surface area contributed by atoms with Crippen LogP contribution in [0.3, 0.4) is 0 Å². The third-order valence-corrected chi connectivity index (χ3v) is 5.84. The summed E-state index contributed by atoms with van der Waals surface area (Å²) in [5, 5.41) is 3.09. The third-order valence-electron chi connectivity index (χ3n) is 5.84. The molecule has 2 aromatic rings. The van der Waals surface area contributed by atoms with Crippen molar-refractivity contribution >= 4 is 5.91 Å². The van der Waals surface area contributed by atoms with Crippen LogP contribution >= 0.6 is 0 Å². The first-order valence-electron chi connectivity index (χ1n) is 10.1. The van der Waals surface area contributed by atoms with Gasteiger partial charge in [0.25, 0.3) is 5.91 Å². The maximum absolute atomic E-state index is 12.9. The van der Waals surface area contributed by atoms with Crippen LogP contribution in [0.25, 0.3) is 0 Å². The molecular formula is C23H28N2O3. The summed E-state index contributed by atoms with van der Waals surface area (Å²) in [4.78, 5) is 15.3. The van der Waals surface area contributed by atoms with Crippen LogP contribution in [0.15, 0.2) is 42.5 Å². The van der Waals surface area contributed by atoms with E-state index in [1.165, 1.54) is 5.56 Å². The lowest BCUT2D eigenvalue weighted by Crippen LogP contribution is -2.36. The maximum Gasteiger partial charge on any atom is 0.255 e. The molecule has 5 nitrogen and oxygen atoms in total. The van der Waals surface area contributed by atoms with Gasteiger partial charge in [0.2, 0.25) is 0 Å². The fourth-order valence-corrected chi connectivity index (χ4v) is 3.92. The fourth-order valence-electron chi connectivity index (χ4n) is 3.92. The van der Waals surface area contributed by atoms with E-state index in [-0.39, 0.29) is 12.0 Å². The van der Waals surface area contributed by atoms with Crippen LogP contribution in [0.5, 0.6) is 5.75 Å². The van der Waals surface area contributed by atoms with Crippen LogP contribution in [0.2, 0.25) is 0 Å². The molecule has 2 unspecified atom stereocenters. The molecule has 0 bridgehead atoms. The van der Waals surface area contributed by atoms with Crippen molar-refractivity contribution in [1.29, 1.82) is 0 Å². The smallest absolute Gasteiger partial charge is 0.255 e. The fraction of sp³-hybridized carbons (Fsp3) is 0.435. The number of para-hydroxylation sites is 1. The second-order valence-electron chi connectivity index (χ2n) is 7.68. The van der Waals surface area contributed by atoms with Gasteiger partial charge in [-0.2, -0.15) is 0 Å². The lowest BCUT2D eigenvalue weighted by atomic mass is 9.97. The number of benzene rings is 2. The molecule has 0 spiro atoms. The highest BCUT2D eigenvalue weighted by molar-refractivity contribution is 5.97. The summed E-state index contributed by atoms with van der Waals surface area (Å²) in [7, 11) is 0. The Hall–Kier alpha value is -2.37. The summed E-state index contributed by atoms with van der Waals surface area (Å²) < 4.78 is 11.4. The van der Waals surface area contributed by atoms with Gasteiger partial charge < -0.3 is 14.8 Å². The molecule has 2 aromatic carbocycles. The molecule has 2 heterocycles. The second kappa shape index (κ2) is 8.33. The zero-order valence-corrected chi connectivity index (χ0v) is 16.6. The SMILES string of the molecule is CC1Oc2c(C(=O)NCc3ccccc3CN3CCOCC3)cccc2C1C. The van der Waals surface area contributed by atoms with Gasteiger partial charge in [0.15, 0.2) is 0 Å². The van der Waals surface area contributed by atoms with Gasteiger partial charge >= 0.3 is 0 Å². The van der Waals surface area contributed by atoms with E-state index in [1.807, 2.05) is 25.1 Å². The van der Waals surface area contributed by atoms with Gasteiger partial charge in [-0.05, 0) is 24.1 Å². The molecule has 4 rings (SSSR count). The lowest BCUT2D eigenvalue weighted by Gasteiger charge is -2.27. The first-order valence-corrected chi connectivity index (χ1v) is 10.1. The summed E-state index contributed by atoms with van der Waals surface area (Å²) >= 11 is 0. The molecule has 0 radical (unpaired) electrons. The first-order chi connectivity index (χ1) is 13.6. The van der Waals surface area contributed by atoms with Gasteiger partial charge in [-0.1, -0.05) is 43.3 Å². The number of hydrogen-bond donors (Lipinski definition) is 1. The van der Waals surface area contributed by atoms with Crippen LogP contribution in [-0.4, -0.2) is 43.2 Å². The van der Waals surface area contributed by atoms with Gasteiger partial charge in [0.1, 0.15) is 11.9 Å². The highest BCUT2D eigenvalue weighted by Crippen LogP contribution is 2.40. The quantitative estimate of drug-likeness (QED) is 0.864. The Morgan fingerprint density at radius 3 is 2.61 bits per heavy atom. The van der Waals surface area contributed by atoms with Crippen molar-refractivity contribution in [3.8, 4) is 5.75 Å². The molecule has 2 atom stereocenters. The predicted octanol–water partition coefficient (Wildman–Crippen LogP) is 3.33. The zero-order valence-electron chi connectivity index (χ0n) is 16.6. The van der Waals surface area contributed by atoms with Crippen LogP contribution in [0.1, 0.15) is 46.8 Å². The van der Waals surface area contributed by atoms with Crippen LogP contribution in [-0.2, 0) is 17.8 Å². The second-order valence-corrected chi connectivity index (χ2v) is 7.68. The lowest BCUT2D eigenvalue weighted by molar-refractivity contribution is 0.0340. The van der Waals surface area contributed by atoms with E-state index in [1.54, 1.807) is 0 Å². The van der Waals surface area contributed by atoms with Gasteiger partial charge in [0.05, 0.1) is 18.8 Å². The summed E-state index contributed by atoms with van der Waals surface area (Å²) in [6, 6.07) is 14.2. The van der Waals surface area contributed by atoms with Gasteiger partial charge in [-0.15, -0.1) is 0 Å². The molecule has 5 heteroatoms. The third kappa shape index (κ3) is 3.91. The molecule has 28 heavy (non-hydrogen) atoms. The van der Waals surface area contributed by atoms with Crippen molar-refractivity contribution in [3.05, 3.63) is 64.7 Å². The normalized spacial score (nSPS) is 21.8. The number of carbonyl (C=O) groups is 1. The predicted molar refractivity (Wildman–Crippen MR) is 109 cm³/mol. The molecule has 1 amide bonds. The van der Waals surface area contributed by atoms with Crippen molar-refractivity contribution in [2.45, 2.75) is 39.0 Å². The standard InChI is InChI=1S/C23H28N2O3/c1-16-17(2)28-22-20(16)8-5-9-21(22)23(26)24-14-18-6-3-4-7-19(18)15-25-10-12-27-13-11-25/h3-9,16-17H,10-15H2,1-2H3,(H,24,26). The molecule has 1 saturated heterocycles. The molecular weight excluding hydrogens is 352 g/mol. The minimum Gasteiger partial charge on any atom is -0.489 e. The van der Waals surface area contributed by atoms with E-state index in [0.29, 0.717) is 18.0 Å². The van der Waals surface area contributed by atoms with Crippen molar-refractivity contribution in [3.63, 3.8) is 0 Å². The highest BCUT2D eigenvalue weighted by Gasteiger charge is 2.31. The number of hydrogen-bond acceptors (Lipinski definition) is 4. The average Bonchev–Trinajstić information content (AvgIpc) is 3.02. The summed E-state index contributed by atoms with van der Waals surface area (Å²) in [6.45, 7) is 9.05. The zero-order chi connectivity index (χ0) is 19.5. The number of amides is 1. The molecule has 2 aliphatic heterocycles. The molecule has 148 valence electrons. The monoisotopic (exact) mass is 380 g/mol. The Bertz CT molecular complexity index is 845. The Kier molecular flexibility index (Phi) is 5.64. The number of rotatable bonds is 5. The number of carbonyl (C=O) groups excluding carboxylic acids is 1. The molecule has 1 N–H and O–H groups in total. The first kappa shape index (κ1) is 19.0. The molecule has 0 aromatic heterocycles.